The highest BCUT2D eigenvalue weighted by atomic mass is 19.4. The molecule has 4 rings (SSSR count). The summed E-state index contributed by atoms with van der Waals surface area (Å²) in [5.41, 5.74) is 0.791. The SMILES string of the molecule is CCc1cnc2cc(C3CCCCC3)c(=O)n(Cc3ncccc3C(F)(F)F)c2n1. The highest BCUT2D eigenvalue weighted by Gasteiger charge is 2.34. The zero-order chi connectivity index (χ0) is 21.3. The van der Waals surface area contributed by atoms with E-state index in [1.54, 1.807) is 12.3 Å². The van der Waals surface area contributed by atoms with Crippen molar-refractivity contribution in [3.05, 3.63) is 63.5 Å². The monoisotopic (exact) mass is 416 g/mol. The molecule has 0 spiro atoms. The first-order valence-corrected chi connectivity index (χ1v) is 10.3. The van der Waals surface area contributed by atoms with Gasteiger partial charge in [0.2, 0.25) is 0 Å². The Morgan fingerprint density at radius 3 is 2.63 bits per heavy atom. The van der Waals surface area contributed by atoms with Gasteiger partial charge in [0, 0.05) is 18.0 Å². The lowest BCUT2D eigenvalue weighted by atomic mass is 9.84. The second-order valence-electron chi connectivity index (χ2n) is 7.75. The molecule has 5 nitrogen and oxygen atoms in total. The Morgan fingerprint density at radius 2 is 1.93 bits per heavy atom. The lowest BCUT2D eigenvalue weighted by molar-refractivity contribution is -0.138. The molecular formula is C22H23F3N4O. The van der Waals surface area contributed by atoms with Crippen molar-refractivity contribution in [1.29, 1.82) is 0 Å². The molecule has 8 heteroatoms. The number of alkyl halides is 3. The topological polar surface area (TPSA) is 60.7 Å². The van der Waals surface area contributed by atoms with Crippen molar-refractivity contribution in [3.8, 4) is 0 Å². The smallest absolute Gasteiger partial charge is 0.285 e. The van der Waals surface area contributed by atoms with Crippen LogP contribution in [0, 0.1) is 0 Å². The first kappa shape index (κ1) is 20.5. The number of hydrogen-bond donors (Lipinski definition) is 0. The summed E-state index contributed by atoms with van der Waals surface area (Å²) in [7, 11) is 0. The van der Waals surface area contributed by atoms with E-state index in [1.165, 1.54) is 16.8 Å². The predicted octanol–water partition coefficient (Wildman–Crippen LogP) is 4.86. The van der Waals surface area contributed by atoms with Crippen LogP contribution in [0.15, 0.2) is 35.4 Å². The van der Waals surface area contributed by atoms with E-state index >= 15 is 0 Å². The molecule has 3 aromatic rings. The van der Waals surface area contributed by atoms with E-state index in [1.807, 2.05) is 6.92 Å². The van der Waals surface area contributed by atoms with Gasteiger partial charge in [0.25, 0.3) is 5.56 Å². The Morgan fingerprint density at radius 1 is 1.17 bits per heavy atom. The number of fused-ring (bicyclic) bond motifs is 1. The van der Waals surface area contributed by atoms with Crippen LogP contribution in [0.3, 0.4) is 0 Å². The van der Waals surface area contributed by atoms with E-state index in [0.717, 1.165) is 38.2 Å². The zero-order valence-corrected chi connectivity index (χ0v) is 16.7. The maximum absolute atomic E-state index is 13.5. The molecule has 158 valence electrons. The van der Waals surface area contributed by atoms with Crippen LogP contribution in [0.4, 0.5) is 13.2 Å². The molecule has 0 atom stereocenters. The fourth-order valence-electron chi connectivity index (χ4n) is 4.18. The van der Waals surface area contributed by atoms with Gasteiger partial charge in [-0.15, -0.1) is 0 Å². The number of pyridine rings is 2. The van der Waals surface area contributed by atoms with Crippen LogP contribution in [0.25, 0.3) is 11.2 Å². The highest BCUT2D eigenvalue weighted by molar-refractivity contribution is 5.71. The molecule has 0 bridgehead atoms. The van der Waals surface area contributed by atoms with Crippen molar-refractivity contribution >= 4 is 11.2 Å². The molecule has 30 heavy (non-hydrogen) atoms. The molecule has 0 N–H and O–H groups in total. The molecule has 0 saturated heterocycles. The lowest BCUT2D eigenvalue weighted by Gasteiger charge is -2.23. The average molecular weight is 416 g/mol. The molecule has 1 aliphatic rings. The first-order chi connectivity index (χ1) is 14.4. The Labute approximate surface area is 172 Å². The molecule has 3 heterocycles. The largest absolute Gasteiger partial charge is 0.418 e. The Kier molecular flexibility index (Phi) is 5.58. The van der Waals surface area contributed by atoms with E-state index in [4.69, 9.17) is 0 Å². The summed E-state index contributed by atoms with van der Waals surface area (Å²) < 4.78 is 41.8. The van der Waals surface area contributed by atoms with E-state index < -0.39 is 11.7 Å². The zero-order valence-electron chi connectivity index (χ0n) is 16.7. The highest BCUT2D eigenvalue weighted by Crippen LogP contribution is 2.33. The van der Waals surface area contributed by atoms with Crippen molar-refractivity contribution in [1.82, 2.24) is 19.5 Å². The van der Waals surface area contributed by atoms with Gasteiger partial charge in [-0.3, -0.25) is 19.3 Å². The molecule has 1 saturated carbocycles. The molecule has 1 fully saturated rings. The fraction of sp³-hybridized carbons (Fsp3) is 0.455. The van der Waals surface area contributed by atoms with Gasteiger partial charge in [-0.1, -0.05) is 26.2 Å². The Balaban J connectivity index is 1.91. The van der Waals surface area contributed by atoms with E-state index in [-0.39, 0.29) is 23.7 Å². The van der Waals surface area contributed by atoms with Crippen LogP contribution in [0.1, 0.15) is 67.5 Å². The summed E-state index contributed by atoms with van der Waals surface area (Å²) in [5, 5.41) is 0. The van der Waals surface area contributed by atoms with Crippen molar-refractivity contribution in [2.75, 3.05) is 0 Å². The minimum atomic E-state index is -4.55. The van der Waals surface area contributed by atoms with E-state index in [0.29, 0.717) is 28.8 Å². The van der Waals surface area contributed by atoms with Crippen LogP contribution >= 0.6 is 0 Å². The first-order valence-electron chi connectivity index (χ1n) is 10.3. The number of aromatic nitrogens is 4. The van der Waals surface area contributed by atoms with Gasteiger partial charge in [-0.2, -0.15) is 13.2 Å². The van der Waals surface area contributed by atoms with Gasteiger partial charge in [-0.05, 0) is 43.4 Å². The molecule has 0 aliphatic heterocycles. The summed E-state index contributed by atoms with van der Waals surface area (Å²) in [4.78, 5) is 26.4. The number of aryl methyl sites for hydroxylation is 1. The standard InChI is InChI=1S/C22H23F3N4O/c1-2-15-12-27-18-11-16(14-7-4-3-5-8-14)21(30)29(20(18)28-15)13-19-17(22(23,24)25)9-6-10-26-19/h6,9-12,14H,2-5,7-8,13H2,1H3. The molecular weight excluding hydrogens is 393 g/mol. The maximum Gasteiger partial charge on any atom is 0.418 e. The van der Waals surface area contributed by atoms with Gasteiger partial charge < -0.3 is 0 Å². The van der Waals surface area contributed by atoms with Crippen LogP contribution in [-0.4, -0.2) is 19.5 Å². The molecule has 1 aliphatic carbocycles. The predicted molar refractivity (Wildman–Crippen MR) is 107 cm³/mol. The van der Waals surface area contributed by atoms with Crippen LogP contribution in [0.2, 0.25) is 0 Å². The molecule has 0 unspecified atom stereocenters. The van der Waals surface area contributed by atoms with Crippen molar-refractivity contribution < 1.29 is 13.2 Å². The number of rotatable bonds is 4. The van der Waals surface area contributed by atoms with Gasteiger partial charge in [0.1, 0.15) is 5.52 Å². The number of nitrogens with zero attached hydrogens (tertiary/aromatic N) is 4. The number of hydrogen-bond acceptors (Lipinski definition) is 4. The van der Waals surface area contributed by atoms with Gasteiger partial charge in [0.15, 0.2) is 5.65 Å². The number of halogens is 3. The summed E-state index contributed by atoms with van der Waals surface area (Å²) >= 11 is 0. The maximum atomic E-state index is 13.5. The van der Waals surface area contributed by atoms with E-state index in [9.17, 15) is 18.0 Å². The van der Waals surface area contributed by atoms with Gasteiger partial charge >= 0.3 is 6.18 Å². The van der Waals surface area contributed by atoms with Crippen molar-refractivity contribution in [2.24, 2.45) is 0 Å². The van der Waals surface area contributed by atoms with Crippen LogP contribution in [0.5, 0.6) is 0 Å². The summed E-state index contributed by atoms with van der Waals surface area (Å²) in [5.74, 6) is 0.0976. The molecule has 0 aromatic carbocycles. The van der Waals surface area contributed by atoms with Crippen LogP contribution in [-0.2, 0) is 19.1 Å². The third-order valence-electron chi connectivity index (χ3n) is 5.78. The van der Waals surface area contributed by atoms with Gasteiger partial charge in [-0.25, -0.2) is 4.98 Å². The van der Waals surface area contributed by atoms with E-state index in [2.05, 4.69) is 15.0 Å². The van der Waals surface area contributed by atoms with Crippen molar-refractivity contribution in [3.63, 3.8) is 0 Å². The molecule has 3 aromatic heterocycles. The van der Waals surface area contributed by atoms with Crippen molar-refractivity contribution in [2.45, 2.75) is 64.1 Å². The molecule has 0 radical (unpaired) electrons. The third-order valence-corrected chi connectivity index (χ3v) is 5.78. The summed E-state index contributed by atoms with van der Waals surface area (Å²) in [6.45, 7) is 1.61. The lowest BCUT2D eigenvalue weighted by Crippen LogP contribution is -2.29. The minimum absolute atomic E-state index is 0.0976. The Bertz CT molecular complexity index is 1120. The quantitative estimate of drug-likeness (QED) is 0.609. The average Bonchev–Trinajstić information content (AvgIpc) is 2.75. The third kappa shape index (κ3) is 3.95. The second kappa shape index (κ2) is 8.16. The normalized spacial score (nSPS) is 15.6. The minimum Gasteiger partial charge on any atom is -0.285 e. The summed E-state index contributed by atoms with van der Waals surface area (Å²) in [6, 6.07) is 4.02. The van der Waals surface area contributed by atoms with Gasteiger partial charge in [0.05, 0.1) is 23.5 Å². The molecule has 0 amide bonds. The van der Waals surface area contributed by atoms with Crippen LogP contribution < -0.4 is 5.56 Å². The second-order valence-corrected chi connectivity index (χ2v) is 7.75. The fourth-order valence-corrected chi connectivity index (χ4v) is 4.18. The summed E-state index contributed by atoms with van der Waals surface area (Å²) in [6.07, 6.45) is 4.05. The Hall–Kier alpha value is -2.77.